The Hall–Kier alpha value is -0.525. The highest BCUT2D eigenvalue weighted by atomic mass is 16.4. The molecule has 1 fully saturated rings. The summed E-state index contributed by atoms with van der Waals surface area (Å²) in [5, 5.41) is 27.8. The molecule has 3 unspecified atom stereocenters. The van der Waals surface area contributed by atoms with E-state index in [1.165, 1.54) is 32.1 Å². The van der Waals surface area contributed by atoms with Gasteiger partial charge in [-0.2, -0.15) is 5.26 Å². The Morgan fingerprint density at radius 2 is 1.88 bits per heavy atom. The fourth-order valence-electron chi connectivity index (χ4n) is 3.23. The van der Waals surface area contributed by atoms with Gasteiger partial charge in [-0.05, 0) is 11.8 Å². The Morgan fingerprint density at radius 3 is 2.29 bits per heavy atom. The highest BCUT2D eigenvalue weighted by molar-refractivity contribution is 6.43. The lowest BCUT2D eigenvalue weighted by atomic mass is 9.60. The maximum atomic E-state index is 9.31. The summed E-state index contributed by atoms with van der Waals surface area (Å²) in [7, 11) is -1.38. The Kier molecular flexibility index (Phi) is 6.01. The predicted molar refractivity (Wildman–Crippen MR) is 69.1 cm³/mol. The fraction of sp³-hybridized carbons (Fsp3) is 0.923. The van der Waals surface area contributed by atoms with Crippen LogP contribution in [0, 0.1) is 29.1 Å². The van der Waals surface area contributed by atoms with Crippen molar-refractivity contribution in [1.82, 2.24) is 0 Å². The van der Waals surface area contributed by atoms with E-state index in [0.29, 0.717) is 11.8 Å². The molecule has 0 aromatic heterocycles. The van der Waals surface area contributed by atoms with E-state index in [1.54, 1.807) is 6.92 Å². The van der Waals surface area contributed by atoms with Crippen molar-refractivity contribution >= 4 is 7.12 Å². The third-order valence-corrected chi connectivity index (χ3v) is 4.37. The number of hydrogen-bond acceptors (Lipinski definition) is 3. The van der Waals surface area contributed by atoms with Crippen LogP contribution in [0.4, 0.5) is 0 Å². The normalized spacial score (nSPS) is 22.5. The molecule has 0 radical (unpaired) electrons. The van der Waals surface area contributed by atoms with E-state index >= 15 is 0 Å². The maximum absolute atomic E-state index is 9.31. The van der Waals surface area contributed by atoms with Crippen LogP contribution in [0.1, 0.15) is 52.4 Å². The van der Waals surface area contributed by atoms with E-state index in [0.717, 1.165) is 6.42 Å². The first kappa shape index (κ1) is 14.5. The van der Waals surface area contributed by atoms with Crippen LogP contribution in [0.2, 0.25) is 5.82 Å². The zero-order valence-corrected chi connectivity index (χ0v) is 11.0. The van der Waals surface area contributed by atoms with Crippen LogP contribution in [-0.4, -0.2) is 17.2 Å². The van der Waals surface area contributed by atoms with Crippen LogP contribution < -0.4 is 0 Å². The SMILES string of the molecule is CCC(C1CCCCC1)C(C#N)C(C)B(O)O. The van der Waals surface area contributed by atoms with Gasteiger partial charge in [0.25, 0.3) is 0 Å². The third kappa shape index (κ3) is 3.72. The van der Waals surface area contributed by atoms with E-state index < -0.39 is 7.12 Å². The van der Waals surface area contributed by atoms with Gasteiger partial charge in [-0.15, -0.1) is 0 Å². The van der Waals surface area contributed by atoms with Gasteiger partial charge in [0.2, 0.25) is 0 Å². The molecule has 1 aliphatic rings. The molecule has 4 heteroatoms. The number of nitrogens with zero attached hydrogens (tertiary/aromatic N) is 1. The van der Waals surface area contributed by atoms with Crippen LogP contribution in [-0.2, 0) is 0 Å². The molecule has 1 saturated carbocycles. The van der Waals surface area contributed by atoms with E-state index in [4.69, 9.17) is 0 Å². The second-order valence-electron chi connectivity index (χ2n) is 5.40. The first-order valence-corrected chi connectivity index (χ1v) is 6.87. The molecule has 3 atom stereocenters. The molecule has 0 spiro atoms. The summed E-state index contributed by atoms with van der Waals surface area (Å²) in [4.78, 5) is 0. The van der Waals surface area contributed by atoms with Crippen molar-refractivity contribution in [2.45, 2.75) is 58.2 Å². The molecule has 0 amide bonds. The van der Waals surface area contributed by atoms with E-state index in [2.05, 4.69) is 13.0 Å². The van der Waals surface area contributed by atoms with Gasteiger partial charge in [-0.25, -0.2) is 0 Å². The summed E-state index contributed by atoms with van der Waals surface area (Å²) in [6.45, 7) is 3.88. The van der Waals surface area contributed by atoms with Gasteiger partial charge in [0.1, 0.15) is 0 Å². The molecule has 1 rings (SSSR count). The standard InChI is InChI=1S/C13H24BNO2/c1-3-12(11-7-5-4-6-8-11)13(9-15)10(2)14(16)17/h10-13,16-17H,3-8H2,1-2H3. The lowest BCUT2D eigenvalue weighted by Crippen LogP contribution is -2.32. The van der Waals surface area contributed by atoms with E-state index in [9.17, 15) is 15.3 Å². The van der Waals surface area contributed by atoms with Gasteiger partial charge in [0.05, 0.1) is 12.0 Å². The van der Waals surface area contributed by atoms with Crippen molar-refractivity contribution in [1.29, 1.82) is 5.26 Å². The van der Waals surface area contributed by atoms with Gasteiger partial charge in [-0.3, -0.25) is 0 Å². The highest BCUT2D eigenvalue weighted by Crippen LogP contribution is 2.40. The topological polar surface area (TPSA) is 64.2 Å². The molecular formula is C13H24BNO2. The summed E-state index contributed by atoms with van der Waals surface area (Å²) in [6, 6.07) is 2.31. The summed E-state index contributed by atoms with van der Waals surface area (Å²) >= 11 is 0. The fourth-order valence-corrected chi connectivity index (χ4v) is 3.23. The average Bonchev–Trinajstić information content (AvgIpc) is 2.35. The largest absolute Gasteiger partial charge is 0.455 e. The first-order chi connectivity index (χ1) is 8.11. The number of rotatable bonds is 5. The van der Waals surface area contributed by atoms with Gasteiger partial charge in [0.15, 0.2) is 0 Å². The Labute approximate surface area is 105 Å². The van der Waals surface area contributed by atoms with Crippen LogP contribution in [0.5, 0.6) is 0 Å². The summed E-state index contributed by atoms with van der Waals surface area (Å²) in [6.07, 6.45) is 7.18. The molecule has 96 valence electrons. The molecule has 0 aliphatic heterocycles. The average molecular weight is 237 g/mol. The van der Waals surface area contributed by atoms with Crippen LogP contribution in [0.15, 0.2) is 0 Å². The van der Waals surface area contributed by atoms with Crippen molar-refractivity contribution in [3.8, 4) is 6.07 Å². The van der Waals surface area contributed by atoms with Crippen molar-refractivity contribution in [2.24, 2.45) is 17.8 Å². The lowest BCUT2D eigenvalue weighted by molar-refractivity contribution is 0.187. The van der Waals surface area contributed by atoms with Crippen molar-refractivity contribution in [3.05, 3.63) is 0 Å². The Morgan fingerprint density at radius 1 is 1.29 bits per heavy atom. The van der Waals surface area contributed by atoms with Gasteiger partial charge in [0, 0.05) is 5.82 Å². The molecule has 0 heterocycles. The van der Waals surface area contributed by atoms with E-state index in [-0.39, 0.29) is 11.7 Å². The molecule has 0 saturated heterocycles. The second-order valence-corrected chi connectivity index (χ2v) is 5.40. The van der Waals surface area contributed by atoms with Crippen molar-refractivity contribution in [2.75, 3.05) is 0 Å². The van der Waals surface area contributed by atoms with Crippen molar-refractivity contribution < 1.29 is 10.0 Å². The van der Waals surface area contributed by atoms with E-state index in [1.807, 2.05) is 0 Å². The van der Waals surface area contributed by atoms with Gasteiger partial charge in [-0.1, -0.05) is 52.4 Å². The molecular weight excluding hydrogens is 213 g/mol. The molecule has 17 heavy (non-hydrogen) atoms. The quantitative estimate of drug-likeness (QED) is 0.722. The monoisotopic (exact) mass is 237 g/mol. The smallest absolute Gasteiger partial charge is 0.427 e. The molecule has 0 aromatic rings. The minimum Gasteiger partial charge on any atom is -0.427 e. The van der Waals surface area contributed by atoms with Crippen LogP contribution in [0.25, 0.3) is 0 Å². The predicted octanol–water partition coefficient (Wildman–Crippen LogP) is 2.60. The second kappa shape index (κ2) is 7.03. The van der Waals surface area contributed by atoms with Crippen LogP contribution >= 0.6 is 0 Å². The minimum absolute atomic E-state index is 0.233. The zero-order chi connectivity index (χ0) is 12.8. The Balaban J connectivity index is 2.72. The zero-order valence-electron chi connectivity index (χ0n) is 11.0. The molecule has 3 nitrogen and oxygen atoms in total. The third-order valence-electron chi connectivity index (χ3n) is 4.37. The molecule has 0 bridgehead atoms. The number of hydrogen-bond donors (Lipinski definition) is 2. The number of nitriles is 1. The Bertz CT molecular complexity index is 259. The summed E-state index contributed by atoms with van der Waals surface area (Å²) < 4.78 is 0. The highest BCUT2D eigenvalue weighted by Gasteiger charge is 2.36. The minimum atomic E-state index is -1.38. The van der Waals surface area contributed by atoms with Crippen LogP contribution in [0.3, 0.4) is 0 Å². The first-order valence-electron chi connectivity index (χ1n) is 6.87. The van der Waals surface area contributed by atoms with Gasteiger partial charge < -0.3 is 10.0 Å². The molecule has 0 aromatic carbocycles. The lowest BCUT2D eigenvalue weighted by Gasteiger charge is -2.34. The molecule has 1 aliphatic carbocycles. The van der Waals surface area contributed by atoms with Crippen molar-refractivity contribution in [3.63, 3.8) is 0 Å². The summed E-state index contributed by atoms with van der Waals surface area (Å²) in [5.74, 6) is 0.326. The summed E-state index contributed by atoms with van der Waals surface area (Å²) in [5.41, 5.74) is 0. The van der Waals surface area contributed by atoms with Gasteiger partial charge >= 0.3 is 7.12 Å². The molecule has 2 N–H and O–H groups in total. The maximum Gasteiger partial charge on any atom is 0.455 e.